The molecule has 164 valence electrons. The molecule has 0 saturated carbocycles. The maximum Gasteiger partial charge on any atom is 0.328 e. The van der Waals surface area contributed by atoms with Crippen molar-refractivity contribution in [1.29, 1.82) is 0 Å². The summed E-state index contributed by atoms with van der Waals surface area (Å²) in [6, 6.07) is 6.03. The van der Waals surface area contributed by atoms with Crippen LogP contribution in [-0.2, 0) is 16.0 Å². The lowest BCUT2D eigenvalue weighted by Crippen LogP contribution is -2.42. The molecule has 0 fully saturated rings. The van der Waals surface area contributed by atoms with Crippen molar-refractivity contribution in [3.05, 3.63) is 41.3 Å². The number of methoxy groups -OCH3 is 4. The van der Waals surface area contributed by atoms with Crippen molar-refractivity contribution in [2.45, 2.75) is 32.7 Å². The molecule has 0 bridgehead atoms. The van der Waals surface area contributed by atoms with Crippen molar-refractivity contribution in [2.24, 2.45) is 5.92 Å². The van der Waals surface area contributed by atoms with Gasteiger partial charge in [-0.1, -0.05) is 13.8 Å². The Morgan fingerprint density at radius 1 is 1.00 bits per heavy atom. The Balaban J connectivity index is 2.20. The van der Waals surface area contributed by atoms with Gasteiger partial charge in [0, 0.05) is 24.1 Å². The number of amides is 1. The SMILES string of the molecule is COC(=O)C(CC(C)C)NC(=O)c1ccc(Cc2c(OC)cc(OC)cc2OC)o1. The van der Waals surface area contributed by atoms with Gasteiger partial charge in [0.1, 0.15) is 29.1 Å². The van der Waals surface area contributed by atoms with Crippen molar-refractivity contribution in [2.75, 3.05) is 28.4 Å². The first-order valence-corrected chi connectivity index (χ1v) is 9.59. The molecular formula is C22H29NO7. The Kier molecular flexibility index (Phi) is 8.15. The van der Waals surface area contributed by atoms with Crippen molar-refractivity contribution >= 4 is 11.9 Å². The zero-order valence-corrected chi connectivity index (χ0v) is 18.2. The highest BCUT2D eigenvalue weighted by molar-refractivity contribution is 5.94. The van der Waals surface area contributed by atoms with Gasteiger partial charge < -0.3 is 28.7 Å². The molecule has 1 N–H and O–H groups in total. The Bertz CT molecular complexity index is 847. The van der Waals surface area contributed by atoms with E-state index >= 15 is 0 Å². The van der Waals surface area contributed by atoms with Crippen LogP contribution in [0.15, 0.2) is 28.7 Å². The van der Waals surface area contributed by atoms with Gasteiger partial charge in [0.25, 0.3) is 5.91 Å². The quantitative estimate of drug-likeness (QED) is 0.591. The average Bonchev–Trinajstić information content (AvgIpc) is 3.21. The number of ether oxygens (including phenoxy) is 4. The van der Waals surface area contributed by atoms with Gasteiger partial charge in [0.2, 0.25) is 0 Å². The first kappa shape index (κ1) is 23.1. The fourth-order valence-corrected chi connectivity index (χ4v) is 3.08. The molecular weight excluding hydrogens is 390 g/mol. The number of carbonyl (C=O) groups excluding carboxylic acids is 2. The third kappa shape index (κ3) is 5.68. The minimum atomic E-state index is -0.738. The van der Waals surface area contributed by atoms with E-state index in [2.05, 4.69) is 5.32 Å². The second-order valence-corrected chi connectivity index (χ2v) is 7.13. The summed E-state index contributed by atoms with van der Waals surface area (Å²) >= 11 is 0. The van der Waals surface area contributed by atoms with Crippen molar-refractivity contribution < 1.29 is 33.0 Å². The van der Waals surface area contributed by atoms with E-state index in [1.165, 1.54) is 7.11 Å². The van der Waals surface area contributed by atoms with Gasteiger partial charge in [-0.15, -0.1) is 0 Å². The molecule has 0 radical (unpaired) electrons. The van der Waals surface area contributed by atoms with E-state index in [9.17, 15) is 9.59 Å². The third-order valence-electron chi connectivity index (χ3n) is 4.55. The van der Waals surface area contributed by atoms with Crippen molar-refractivity contribution in [3.8, 4) is 17.2 Å². The minimum absolute atomic E-state index is 0.106. The molecule has 1 aromatic carbocycles. The summed E-state index contributed by atoms with van der Waals surface area (Å²) in [6.45, 7) is 3.92. The van der Waals surface area contributed by atoms with Gasteiger partial charge in [0.05, 0.1) is 28.4 Å². The summed E-state index contributed by atoms with van der Waals surface area (Å²) in [6.07, 6.45) is 0.808. The van der Waals surface area contributed by atoms with Gasteiger partial charge in [-0.25, -0.2) is 4.79 Å². The predicted octanol–water partition coefficient (Wildman–Crippen LogP) is 3.21. The van der Waals surface area contributed by atoms with Crippen molar-refractivity contribution in [3.63, 3.8) is 0 Å². The number of hydrogen-bond donors (Lipinski definition) is 1. The highest BCUT2D eigenvalue weighted by Crippen LogP contribution is 2.35. The molecule has 30 heavy (non-hydrogen) atoms. The molecule has 0 spiro atoms. The van der Waals surface area contributed by atoms with Crippen LogP contribution >= 0.6 is 0 Å². The summed E-state index contributed by atoms with van der Waals surface area (Å²) in [5.41, 5.74) is 0.759. The highest BCUT2D eigenvalue weighted by Gasteiger charge is 2.25. The van der Waals surface area contributed by atoms with Crippen LogP contribution in [0.25, 0.3) is 0 Å². The van der Waals surface area contributed by atoms with Gasteiger partial charge in [0.15, 0.2) is 5.76 Å². The molecule has 8 nitrogen and oxygen atoms in total. The van der Waals surface area contributed by atoms with E-state index in [4.69, 9.17) is 23.4 Å². The van der Waals surface area contributed by atoms with Crippen LogP contribution in [0.2, 0.25) is 0 Å². The monoisotopic (exact) mass is 419 g/mol. The van der Waals surface area contributed by atoms with Gasteiger partial charge >= 0.3 is 5.97 Å². The van der Waals surface area contributed by atoms with E-state index in [-0.39, 0.29) is 11.7 Å². The van der Waals surface area contributed by atoms with Crippen molar-refractivity contribution in [1.82, 2.24) is 5.32 Å². The third-order valence-corrected chi connectivity index (χ3v) is 4.55. The van der Waals surface area contributed by atoms with E-state index in [0.29, 0.717) is 35.9 Å². The fraction of sp³-hybridized carbons (Fsp3) is 0.455. The number of benzene rings is 1. The van der Waals surface area contributed by atoms with Crippen LogP contribution in [0.5, 0.6) is 17.2 Å². The summed E-state index contributed by atoms with van der Waals surface area (Å²) < 4.78 is 26.7. The molecule has 8 heteroatoms. The molecule has 0 saturated heterocycles. The molecule has 1 amide bonds. The fourth-order valence-electron chi connectivity index (χ4n) is 3.08. The molecule has 1 heterocycles. The standard InChI is InChI=1S/C22H29NO7/c1-13(2)9-17(22(25)29-6)23-21(24)18-8-7-14(30-18)10-16-19(27-4)11-15(26-3)12-20(16)28-5/h7-8,11-13,17H,9-10H2,1-6H3,(H,23,24). The zero-order valence-electron chi connectivity index (χ0n) is 18.2. The number of furan rings is 1. The Labute approximate surface area is 176 Å². The van der Waals surface area contributed by atoms with Crippen LogP contribution in [-0.4, -0.2) is 46.4 Å². The van der Waals surface area contributed by atoms with Gasteiger partial charge in [-0.2, -0.15) is 0 Å². The average molecular weight is 419 g/mol. The molecule has 1 unspecified atom stereocenters. The van der Waals surface area contributed by atoms with Crippen LogP contribution in [0.4, 0.5) is 0 Å². The molecule has 1 aromatic heterocycles. The van der Waals surface area contributed by atoms with E-state index in [1.54, 1.807) is 45.6 Å². The summed E-state index contributed by atoms with van der Waals surface area (Å²) in [5.74, 6) is 1.65. The maximum absolute atomic E-state index is 12.6. The maximum atomic E-state index is 12.6. The number of rotatable bonds is 10. The number of esters is 1. The van der Waals surface area contributed by atoms with Crippen LogP contribution < -0.4 is 19.5 Å². The molecule has 0 aliphatic heterocycles. The van der Waals surface area contributed by atoms with Crippen LogP contribution in [0, 0.1) is 5.92 Å². The Hall–Kier alpha value is -3.16. The smallest absolute Gasteiger partial charge is 0.328 e. The lowest BCUT2D eigenvalue weighted by molar-refractivity contribution is -0.143. The Morgan fingerprint density at radius 3 is 2.13 bits per heavy atom. The second kappa shape index (κ2) is 10.6. The number of carbonyl (C=O) groups is 2. The largest absolute Gasteiger partial charge is 0.496 e. The lowest BCUT2D eigenvalue weighted by atomic mass is 10.0. The van der Waals surface area contributed by atoms with Gasteiger partial charge in [-0.3, -0.25) is 4.79 Å². The number of hydrogen-bond acceptors (Lipinski definition) is 7. The van der Waals surface area contributed by atoms with E-state index in [1.807, 2.05) is 13.8 Å². The normalized spacial score (nSPS) is 11.7. The summed E-state index contributed by atoms with van der Waals surface area (Å²) in [4.78, 5) is 24.5. The molecule has 2 rings (SSSR count). The lowest BCUT2D eigenvalue weighted by Gasteiger charge is -2.17. The highest BCUT2D eigenvalue weighted by atomic mass is 16.5. The minimum Gasteiger partial charge on any atom is -0.496 e. The van der Waals surface area contributed by atoms with Crippen LogP contribution in [0.3, 0.4) is 0 Å². The summed E-state index contributed by atoms with van der Waals surface area (Å²) in [7, 11) is 5.97. The second-order valence-electron chi connectivity index (χ2n) is 7.13. The Morgan fingerprint density at radius 2 is 1.63 bits per heavy atom. The van der Waals surface area contributed by atoms with E-state index in [0.717, 1.165) is 5.56 Å². The first-order chi connectivity index (χ1) is 14.3. The predicted molar refractivity (Wildman–Crippen MR) is 110 cm³/mol. The number of nitrogens with one attached hydrogen (secondary N) is 1. The van der Waals surface area contributed by atoms with Crippen LogP contribution in [0.1, 0.15) is 42.1 Å². The zero-order chi connectivity index (χ0) is 22.3. The molecule has 1 atom stereocenters. The molecule has 0 aliphatic carbocycles. The van der Waals surface area contributed by atoms with Gasteiger partial charge in [-0.05, 0) is 24.5 Å². The molecule has 2 aromatic rings. The first-order valence-electron chi connectivity index (χ1n) is 9.59. The topological polar surface area (TPSA) is 96.2 Å². The van der Waals surface area contributed by atoms with E-state index < -0.39 is 17.9 Å². The summed E-state index contributed by atoms with van der Waals surface area (Å²) in [5, 5.41) is 2.68. The molecule has 0 aliphatic rings.